The van der Waals surface area contributed by atoms with Crippen molar-refractivity contribution in [1.82, 2.24) is 0 Å². The molecule has 0 N–H and O–H groups in total. The van der Waals surface area contributed by atoms with E-state index in [-0.39, 0.29) is 0 Å². The summed E-state index contributed by atoms with van der Waals surface area (Å²) in [5.41, 5.74) is 13.4. The summed E-state index contributed by atoms with van der Waals surface area (Å²) < 4.78 is 16.0. The SMILES string of the molecule is c1ccc(-c2ccc(N(c3ccc(-c4ccccc4)cc3)c3ccc4c(oc5ccc6oc7ccccc7c6c54)c3-c3cccc4c3sc3ccccc34)cc2)cc1. The van der Waals surface area contributed by atoms with Crippen LogP contribution in [0.4, 0.5) is 17.1 Å². The molecular weight excluding hydrogens is 727 g/mol. The van der Waals surface area contributed by atoms with Crippen LogP contribution in [0.15, 0.2) is 209 Å². The molecule has 3 aromatic heterocycles. The third kappa shape index (κ3) is 5.12. The maximum absolute atomic E-state index is 7.14. The van der Waals surface area contributed by atoms with Crippen LogP contribution in [-0.2, 0) is 0 Å². The van der Waals surface area contributed by atoms with Crippen LogP contribution in [0.25, 0.3) is 97.4 Å². The highest BCUT2D eigenvalue weighted by molar-refractivity contribution is 7.26. The van der Waals surface area contributed by atoms with Crippen molar-refractivity contribution in [2.45, 2.75) is 0 Å². The van der Waals surface area contributed by atoms with E-state index < -0.39 is 0 Å². The molecule has 0 fully saturated rings. The van der Waals surface area contributed by atoms with Gasteiger partial charge in [-0.05, 0) is 82.9 Å². The molecule has 9 aromatic carbocycles. The van der Waals surface area contributed by atoms with Crippen LogP contribution >= 0.6 is 11.3 Å². The molecule has 0 saturated carbocycles. The predicted octanol–water partition coefficient (Wildman–Crippen LogP) is 16.3. The van der Waals surface area contributed by atoms with E-state index >= 15 is 0 Å². The molecule has 0 aliphatic rings. The quantitative estimate of drug-likeness (QED) is 0.169. The van der Waals surface area contributed by atoms with Gasteiger partial charge in [0, 0.05) is 58.7 Å². The van der Waals surface area contributed by atoms with E-state index in [0.29, 0.717) is 0 Å². The zero-order valence-electron chi connectivity index (χ0n) is 31.2. The normalized spacial score (nSPS) is 11.8. The Morgan fingerprint density at radius 3 is 1.60 bits per heavy atom. The molecule has 0 bridgehead atoms. The zero-order valence-corrected chi connectivity index (χ0v) is 32.0. The van der Waals surface area contributed by atoms with Crippen molar-refractivity contribution >= 4 is 92.4 Å². The van der Waals surface area contributed by atoms with Crippen LogP contribution in [0.5, 0.6) is 0 Å². The first-order valence-corrected chi connectivity index (χ1v) is 20.4. The Morgan fingerprint density at radius 2 is 0.914 bits per heavy atom. The van der Waals surface area contributed by atoms with Gasteiger partial charge in [-0.3, -0.25) is 0 Å². The molecule has 3 nitrogen and oxygen atoms in total. The van der Waals surface area contributed by atoms with Gasteiger partial charge in [0.1, 0.15) is 22.3 Å². The highest BCUT2D eigenvalue weighted by atomic mass is 32.1. The lowest BCUT2D eigenvalue weighted by Gasteiger charge is -2.28. The fraction of sp³-hybridized carbons (Fsp3) is 0. The lowest BCUT2D eigenvalue weighted by atomic mass is 9.96. The van der Waals surface area contributed by atoms with Gasteiger partial charge in [-0.1, -0.05) is 140 Å². The molecule has 0 aliphatic carbocycles. The molecule has 0 amide bonds. The van der Waals surface area contributed by atoms with Gasteiger partial charge in [-0.15, -0.1) is 11.3 Å². The van der Waals surface area contributed by atoms with Crippen LogP contribution in [-0.4, -0.2) is 0 Å². The second-order valence-corrected chi connectivity index (χ2v) is 15.8. The molecule has 4 heteroatoms. The monoisotopic (exact) mass is 759 g/mol. The van der Waals surface area contributed by atoms with Crippen LogP contribution < -0.4 is 4.90 Å². The highest BCUT2D eigenvalue weighted by Crippen LogP contribution is 2.51. The second-order valence-electron chi connectivity index (χ2n) is 14.8. The van der Waals surface area contributed by atoms with Gasteiger partial charge in [0.15, 0.2) is 0 Å². The van der Waals surface area contributed by atoms with E-state index in [1.807, 2.05) is 29.5 Å². The van der Waals surface area contributed by atoms with Gasteiger partial charge in [0.2, 0.25) is 0 Å². The molecule has 0 atom stereocenters. The van der Waals surface area contributed by atoms with Gasteiger partial charge in [0.05, 0.1) is 11.3 Å². The summed E-state index contributed by atoms with van der Waals surface area (Å²) in [7, 11) is 0. The second kappa shape index (κ2) is 13.1. The van der Waals surface area contributed by atoms with Crippen molar-refractivity contribution in [3.8, 4) is 33.4 Å². The van der Waals surface area contributed by atoms with Gasteiger partial charge in [-0.2, -0.15) is 0 Å². The Hall–Kier alpha value is -7.40. The van der Waals surface area contributed by atoms with Crippen molar-refractivity contribution in [2.75, 3.05) is 4.90 Å². The average Bonchev–Trinajstić information content (AvgIpc) is 3.99. The number of hydrogen-bond acceptors (Lipinski definition) is 4. The van der Waals surface area contributed by atoms with E-state index in [4.69, 9.17) is 8.83 Å². The summed E-state index contributed by atoms with van der Waals surface area (Å²) >= 11 is 1.84. The Labute approximate surface area is 338 Å². The van der Waals surface area contributed by atoms with Gasteiger partial charge < -0.3 is 13.7 Å². The van der Waals surface area contributed by atoms with Crippen LogP contribution in [0.2, 0.25) is 0 Å². The summed E-state index contributed by atoms with van der Waals surface area (Å²) in [5.74, 6) is 0. The lowest BCUT2D eigenvalue weighted by Crippen LogP contribution is -2.11. The first-order chi connectivity index (χ1) is 28.8. The van der Waals surface area contributed by atoms with E-state index in [9.17, 15) is 0 Å². The van der Waals surface area contributed by atoms with Crippen molar-refractivity contribution in [2.24, 2.45) is 0 Å². The molecule has 0 unspecified atom stereocenters. The fourth-order valence-electron chi connectivity index (χ4n) is 8.82. The number of fused-ring (bicyclic) bond motifs is 10. The Kier molecular flexibility index (Phi) is 7.40. The van der Waals surface area contributed by atoms with E-state index in [1.54, 1.807) is 0 Å². The topological polar surface area (TPSA) is 29.5 Å². The Bertz CT molecular complexity index is 3400. The lowest BCUT2D eigenvalue weighted by molar-refractivity contribution is 0.663. The molecule has 0 saturated heterocycles. The smallest absolute Gasteiger partial charge is 0.145 e. The Morgan fingerprint density at radius 1 is 0.362 bits per heavy atom. The van der Waals surface area contributed by atoms with Crippen LogP contribution in [0.1, 0.15) is 0 Å². The van der Waals surface area contributed by atoms with Gasteiger partial charge in [0.25, 0.3) is 0 Å². The largest absolute Gasteiger partial charge is 0.456 e. The number of hydrogen-bond donors (Lipinski definition) is 0. The first-order valence-electron chi connectivity index (χ1n) is 19.6. The molecule has 12 aromatic rings. The maximum Gasteiger partial charge on any atom is 0.145 e. The molecule has 3 heterocycles. The van der Waals surface area contributed by atoms with Gasteiger partial charge in [-0.25, -0.2) is 0 Å². The number of rotatable bonds is 6. The number of para-hydroxylation sites is 1. The summed E-state index contributed by atoms with van der Waals surface area (Å²) in [4.78, 5) is 2.39. The molecule has 272 valence electrons. The van der Waals surface area contributed by atoms with E-state index in [2.05, 4.69) is 187 Å². The molecular formula is C54H33NO2S. The molecule has 58 heavy (non-hydrogen) atoms. The van der Waals surface area contributed by atoms with Crippen molar-refractivity contribution in [1.29, 1.82) is 0 Å². The minimum absolute atomic E-state index is 0.835. The number of nitrogens with zero attached hydrogens (tertiary/aromatic N) is 1. The number of benzene rings is 9. The minimum Gasteiger partial charge on any atom is -0.456 e. The summed E-state index contributed by atoms with van der Waals surface area (Å²) in [6.45, 7) is 0. The molecule has 0 radical (unpaired) electrons. The molecule has 0 aliphatic heterocycles. The van der Waals surface area contributed by atoms with Crippen molar-refractivity contribution < 1.29 is 8.83 Å². The third-order valence-corrected chi connectivity index (χ3v) is 12.7. The van der Waals surface area contributed by atoms with E-state index in [0.717, 1.165) is 72.1 Å². The summed E-state index contributed by atoms with van der Waals surface area (Å²) in [5, 5.41) is 6.80. The van der Waals surface area contributed by atoms with Crippen LogP contribution in [0.3, 0.4) is 0 Å². The first kappa shape index (κ1) is 32.8. The van der Waals surface area contributed by atoms with Gasteiger partial charge >= 0.3 is 0 Å². The van der Waals surface area contributed by atoms with Crippen molar-refractivity contribution in [3.05, 3.63) is 200 Å². The predicted molar refractivity (Wildman–Crippen MR) is 245 cm³/mol. The average molecular weight is 760 g/mol. The third-order valence-electron chi connectivity index (χ3n) is 11.5. The number of furan rings is 2. The highest BCUT2D eigenvalue weighted by Gasteiger charge is 2.26. The zero-order chi connectivity index (χ0) is 38.2. The van der Waals surface area contributed by atoms with Crippen LogP contribution in [0, 0.1) is 0 Å². The fourth-order valence-corrected chi connectivity index (χ4v) is 10.0. The number of thiophene rings is 1. The molecule has 12 rings (SSSR count). The van der Waals surface area contributed by atoms with E-state index in [1.165, 1.54) is 42.4 Å². The Balaban J connectivity index is 1.17. The number of anilines is 3. The summed E-state index contributed by atoms with van der Waals surface area (Å²) in [6, 6.07) is 71.3. The maximum atomic E-state index is 7.14. The summed E-state index contributed by atoms with van der Waals surface area (Å²) in [6.07, 6.45) is 0. The standard InChI is InChI=1S/C54H33NO2S/c1-3-12-34(13-4-1)36-22-26-38(27-23-36)55(39-28-24-37(25-29-39)35-14-5-2-6-15-35)45-31-30-43-52-48(33-32-47-51(52)42-17-7-9-20-46(42)56-47)57-53(43)50(45)44-19-11-18-41-40-16-8-10-21-49(40)58-54(41)44/h1-33H. The molecule has 0 spiro atoms. The van der Waals surface area contributed by atoms with Crippen molar-refractivity contribution in [3.63, 3.8) is 0 Å². The minimum atomic E-state index is 0.835.